The molecule has 2 nitrogen and oxygen atoms in total. The molecule has 0 heterocycles. The molecule has 2 heteroatoms. The number of hydrogen-bond donors (Lipinski definition) is 0. The first-order chi connectivity index (χ1) is 11.6. The molecule has 2 unspecified atom stereocenters. The van der Waals surface area contributed by atoms with E-state index in [1.54, 1.807) is 5.56 Å². The topological polar surface area (TPSA) is 34.1 Å². The standard InChI is InChI=1S/C22H30O2/c1-16(23)14-22(24)20-13-11-17(15-20)10-12-19-8-4-5-9-21(19)18-6-2-3-7-18/h4-5,8-9,17-18,20H,2-3,6-7,10-15H2,1H3. The van der Waals surface area contributed by atoms with E-state index in [9.17, 15) is 9.59 Å². The maximum atomic E-state index is 12.1. The van der Waals surface area contributed by atoms with E-state index < -0.39 is 0 Å². The highest BCUT2D eigenvalue weighted by Gasteiger charge is 2.30. The van der Waals surface area contributed by atoms with Crippen molar-refractivity contribution in [2.75, 3.05) is 0 Å². The third-order valence-corrected chi connectivity index (χ3v) is 6.09. The second kappa shape index (κ2) is 8.09. The molecule has 0 spiro atoms. The van der Waals surface area contributed by atoms with Gasteiger partial charge in [0.1, 0.15) is 11.6 Å². The van der Waals surface area contributed by atoms with Crippen molar-refractivity contribution >= 4 is 11.6 Å². The van der Waals surface area contributed by atoms with Crippen LogP contribution in [0.15, 0.2) is 24.3 Å². The molecule has 0 radical (unpaired) electrons. The van der Waals surface area contributed by atoms with Crippen LogP contribution in [0.4, 0.5) is 0 Å². The zero-order valence-corrected chi connectivity index (χ0v) is 14.9. The van der Waals surface area contributed by atoms with Crippen molar-refractivity contribution in [1.29, 1.82) is 0 Å². The van der Waals surface area contributed by atoms with Crippen molar-refractivity contribution in [1.82, 2.24) is 0 Å². The lowest BCUT2D eigenvalue weighted by atomic mass is 9.88. The molecule has 24 heavy (non-hydrogen) atoms. The Hall–Kier alpha value is -1.44. The summed E-state index contributed by atoms with van der Waals surface area (Å²) >= 11 is 0. The first kappa shape index (κ1) is 17.4. The van der Waals surface area contributed by atoms with Gasteiger partial charge in [0.15, 0.2) is 0 Å². The first-order valence-corrected chi connectivity index (χ1v) is 9.73. The normalized spacial score (nSPS) is 24.4. The Labute approximate surface area is 146 Å². The highest BCUT2D eigenvalue weighted by atomic mass is 16.1. The molecule has 0 aliphatic heterocycles. The van der Waals surface area contributed by atoms with Gasteiger partial charge in [-0.3, -0.25) is 9.59 Å². The van der Waals surface area contributed by atoms with Gasteiger partial charge in [0.25, 0.3) is 0 Å². The quantitative estimate of drug-likeness (QED) is 0.642. The number of ketones is 2. The summed E-state index contributed by atoms with van der Waals surface area (Å²) in [4.78, 5) is 23.2. The number of carbonyl (C=O) groups excluding carboxylic acids is 2. The second-order valence-corrected chi connectivity index (χ2v) is 7.94. The fourth-order valence-corrected chi connectivity index (χ4v) is 4.78. The van der Waals surface area contributed by atoms with Crippen LogP contribution in [0, 0.1) is 11.8 Å². The molecule has 1 aromatic carbocycles. The molecule has 2 fully saturated rings. The summed E-state index contributed by atoms with van der Waals surface area (Å²) in [5.41, 5.74) is 3.11. The van der Waals surface area contributed by atoms with Gasteiger partial charge in [-0.15, -0.1) is 0 Å². The van der Waals surface area contributed by atoms with Gasteiger partial charge < -0.3 is 0 Å². The lowest BCUT2D eigenvalue weighted by molar-refractivity contribution is -0.128. The van der Waals surface area contributed by atoms with E-state index >= 15 is 0 Å². The predicted octanol–water partition coefficient (Wildman–Crippen LogP) is 5.24. The number of aryl methyl sites for hydroxylation is 1. The molecule has 2 aliphatic rings. The Morgan fingerprint density at radius 3 is 2.54 bits per heavy atom. The Balaban J connectivity index is 1.53. The van der Waals surface area contributed by atoms with Gasteiger partial charge in [0.2, 0.25) is 0 Å². The van der Waals surface area contributed by atoms with Gasteiger partial charge in [-0.1, -0.05) is 37.1 Å². The highest BCUT2D eigenvalue weighted by molar-refractivity contribution is 5.99. The summed E-state index contributed by atoms with van der Waals surface area (Å²) < 4.78 is 0. The van der Waals surface area contributed by atoms with E-state index in [0.717, 1.165) is 31.6 Å². The van der Waals surface area contributed by atoms with Crippen LogP contribution in [0.25, 0.3) is 0 Å². The van der Waals surface area contributed by atoms with Crippen LogP contribution >= 0.6 is 0 Å². The lowest BCUT2D eigenvalue weighted by Crippen LogP contribution is -2.14. The summed E-state index contributed by atoms with van der Waals surface area (Å²) in [6.07, 6.45) is 11.1. The monoisotopic (exact) mass is 326 g/mol. The van der Waals surface area contributed by atoms with Gasteiger partial charge >= 0.3 is 0 Å². The summed E-state index contributed by atoms with van der Waals surface area (Å²) in [6.45, 7) is 1.52. The molecule has 0 bridgehead atoms. The Bertz CT molecular complexity index is 583. The maximum Gasteiger partial charge on any atom is 0.143 e. The number of benzene rings is 1. The molecule has 1 aromatic rings. The van der Waals surface area contributed by atoms with E-state index in [4.69, 9.17) is 0 Å². The maximum absolute atomic E-state index is 12.1. The van der Waals surface area contributed by atoms with Gasteiger partial charge in [-0.05, 0) is 74.8 Å². The molecular weight excluding hydrogens is 296 g/mol. The largest absolute Gasteiger partial charge is 0.300 e. The van der Waals surface area contributed by atoms with Crippen molar-refractivity contribution in [3.8, 4) is 0 Å². The lowest BCUT2D eigenvalue weighted by Gasteiger charge is -2.17. The molecule has 2 atom stereocenters. The second-order valence-electron chi connectivity index (χ2n) is 7.94. The van der Waals surface area contributed by atoms with Crippen LogP contribution in [0.1, 0.15) is 81.8 Å². The number of carbonyl (C=O) groups is 2. The van der Waals surface area contributed by atoms with Crippen LogP contribution in [-0.4, -0.2) is 11.6 Å². The van der Waals surface area contributed by atoms with Crippen molar-refractivity contribution in [2.24, 2.45) is 11.8 Å². The Kier molecular flexibility index (Phi) is 5.86. The van der Waals surface area contributed by atoms with Crippen LogP contribution in [0.5, 0.6) is 0 Å². The molecule has 2 aliphatic carbocycles. The third-order valence-electron chi connectivity index (χ3n) is 6.09. The van der Waals surface area contributed by atoms with Crippen LogP contribution in [0.3, 0.4) is 0 Å². The minimum absolute atomic E-state index is 0.00828. The molecule has 130 valence electrons. The zero-order valence-electron chi connectivity index (χ0n) is 14.9. The van der Waals surface area contributed by atoms with Crippen molar-refractivity contribution in [3.63, 3.8) is 0 Å². The first-order valence-electron chi connectivity index (χ1n) is 9.73. The summed E-state index contributed by atoms with van der Waals surface area (Å²) in [6, 6.07) is 8.99. The van der Waals surface area contributed by atoms with Crippen LogP contribution < -0.4 is 0 Å². The molecule has 3 rings (SSSR count). The van der Waals surface area contributed by atoms with E-state index in [0.29, 0.717) is 5.92 Å². The predicted molar refractivity (Wildman–Crippen MR) is 97.1 cm³/mol. The number of Topliss-reactive ketones (excluding diaryl/α,β-unsaturated/α-hetero) is 2. The molecule has 0 N–H and O–H groups in total. The van der Waals surface area contributed by atoms with Gasteiger partial charge in [-0.2, -0.15) is 0 Å². The molecule has 0 aromatic heterocycles. The van der Waals surface area contributed by atoms with Crippen LogP contribution in [-0.2, 0) is 16.0 Å². The van der Waals surface area contributed by atoms with Crippen molar-refractivity contribution < 1.29 is 9.59 Å². The fourth-order valence-electron chi connectivity index (χ4n) is 4.78. The fraction of sp³-hybridized carbons (Fsp3) is 0.636. The van der Waals surface area contributed by atoms with Gasteiger partial charge in [0.05, 0.1) is 6.42 Å². The zero-order chi connectivity index (χ0) is 16.9. The summed E-state index contributed by atoms with van der Waals surface area (Å²) in [5, 5.41) is 0. The average Bonchev–Trinajstić information content (AvgIpc) is 3.24. The molecule has 0 amide bonds. The summed E-state index contributed by atoms with van der Waals surface area (Å²) in [7, 11) is 0. The number of rotatable bonds is 7. The SMILES string of the molecule is CC(=O)CC(=O)C1CCC(CCc2ccccc2C2CCCC2)C1. The minimum atomic E-state index is 0.00828. The molecule has 0 saturated heterocycles. The van der Waals surface area contributed by atoms with Gasteiger partial charge in [0, 0.05) is 5.92 Å². The van der Waals surface area contributed by atoms with E-state index in [2.05, 4.69) is 24.3 Å². The highest BCUT2D eigenvalue weighted by Crippen LogP contribution is 2.38. The smallest absolute Gasteiger partial charge is 0.143 e. The molecular formula is C22H30O2. The Morgan fingerprint density at radius 1 is 1.04 bits per heavy atom. The van der Waals surface area contributed by atoms with Crippen molar-refractivity contribution in [2.45, 2.75) is 77.0 Å². The van der Waals surface area contributed by atoms with Crippen LogP contribution in [0.2, 0.25) is 0 Å². The third kappa shape index (κ3) is 4.34. The average molecular weight is 326 g/mol. The van der Waals surface area contributed by atoms with Gasteiger partial charge in [-0.25, -0.2) is 0 Å². The molecule has 2 saturated carbocycles. The Morgan fingerprint density at radius 2 is 1.79 bits per heavy atom. The van der Waals surface area contributed by atoms with E-state index in [1.165, 1.54) is 44.6 Å². The number of hydrogen-bond acceptors (Lipinski definition) is 2. The summed E-state index contributed by atoms with van der Waals surface area (Å²) in [5.74, 6) is 1.76. The van der Waals surface area contributed by atoms with E-state index in [1.807, 2.05) is 0 Å². The van der Waals surface area contributed by atoms with E-state index in [-0.39, 0.29) is 23.9 Å². The minimum Gasteiger partial charge on any atom is -0.300 e. The van der Waals surface area contributed by atoms with Crippen molar-refractivity contribution in [3.05, 3.63) is 35.4 Å².